The highest BCUT2D eigenvalue weighted by Crippen LogP contribution is 2.20. The van der Waals surface area contributed by atoms with E-state index in [-0.39, 0.29) is 11.9 Å². The van der Waals surface area contributed by atoms with Crippen LogP contribution in [0.4, 0.5) is 5.69 Å². The van der Waals surface area contributed by atoms with Gasteiger partial charge >= 0.3 is 0 Å². The van der Waals surface area contributed by atoms with Gasteiger partial charge in [-0.1, -0.05) is 30.3 Å². The van der Waals surface area contributed by atoms with Crippen LogP contribution >= 0.6 is 0 Å². The zero-order valence-electron chi connectivity index (χ0n) is 14.0. The maximum atomic E-state index is 12.4. The average Bonchev–Trinajstić information content (AvgIpc) is 2.56. The number of likely N-dealkylation sites (N-methyl/N-ethyl adjacent to an activating group) is 1. The van der Waals surface area contributed by atoms with E-state index in [0.29, 0.717) is 12.1 Å². The molecule has 0 heterocycles. The molecule has 0 saturated heterocycles. The van der Waals surface area contributed by atoms with Crippen LogP contribution in [0.2, 0.25) is 0 Å². The topological polar surface area (TPSA) is 55.6 Å². The zero-order chi connectivity index (χ0) is 16.8. The molecule has 1 amide bonds. The lowest BCUT2D eigenvalue weighted by atomic mass is 10.0. The summed E-state index contributed by atoms with van der Waals surface area (Å²) in [6.45, 7) is 2.05. The van der Waals surface area contributed by atoms with Crippen LogP contribution in [0.1, 0.15) is 18.1 Å². The molecule has 23 heavy (non-hydrogen) atoms. The maximum absolute atomic E-state index is 12.4. The molecule has 2 aromatic rings. The standard InChI is InChI=1S/C19H24N2O2/c1-14(12-16-6-4-5-7-18(16)23-3)21(2)19(22)13-15-8-10-17(20)11-9-15/h4-11,14H,12-13,20H2,1-3H3. The lowest BCUT2D eigenvalue weighted by Gasteiger charge is -2.26. The maximum Gasteiger partial charge on any atom is 0.226 e. The van der Waals surface area contributed by atoms with Crippen molar-refractivity contribution in [3.05, 3.63) is 59.7 Å². The fraction of sp³-hybridized carbons (Fsp3) is 0.316. The quantitative estimate of drug-likeness (QED) is 0.834. The molecule has 0 aliphatic carbocycles. The van der Waals surface area contributed by atoms with Gasteiger partial charge in [0.2, 0.25) is 5.91 Å². The molecule has 0 aliphatic rings. The minimum atomic E-state index is 0.0904. The second-order valence-electron chi connectivity index (χ2n) is 5.79. The summed E-state index contributed by atoms with van der Waals surface area (Å²) in [6.07, 6.45) is 1.14. The molecule has 0 aromatic heterocycles. The van der Waals surface area contributed by atoms with E-state index in [0.717, 1.165) is 23.3 Å². The Morgan fingerprint density at radius 2 is 1.83 bits per heavy atom. The van der Waals surface area contributed by atoms with Crippen molar-refractivity contribution in [2.24, 2.45) is 0 Å². The van der Waals surface area contributed by atoms with Gasteiger partial charge in [-0.3, -0.25) is 4.79 Å². The lowest BCUT2D eigenvalue weighted by molar-refractivity contribution is -0.130. The number of amides is 1. The Hall–Kier alpha value is -2.49. The molecule has 0 radical (unpaired) electrons. The summed E-state index contributed by atoms with van der Waals surface area (Å²) >= 11 is 0. The van der Waals surface area contributed by atoms with Crippen LogP contribution in [0.5, 0.6) is 5.75 Å². The van der Waals surface area contributed by atoms with Crippen LogP contribution in [-0.4, -0.2) is 31.0 Å². The summed E-state index contributed by atoms with van der Waals surface area (Å²) < 4.78 is 5.38. The Morgan fingerprint density at radius 1 is 1.17 bits per heavy atom. The molecule has 1 unspecified atom stereocenters. The molecule has 1 atom stereocenters. The Morgan fingerprint density at radius 3 is 2.48 bits per heavy atom. The van der Waals surface area contributed by atoms with E-state index < -0.39 is 0 Å². The van der Waals surface area contributed by atoms with Gasteiger partial charge in [-0.05, 0) is 42.7 Å². The van der Waals surface area contributed by atoms with Crippen LogP contribution in [0, 0.1) is 0 Å². The van der Waals surface area contributed by atoms with Crippen LogP contribution in [0.25, 0.3) is 0 Å². The Bertz CT molecular complexity index is 653. The highest BCUT2D eigenvalue weighted by Gasteiger charge is 2.17. The first kappa shape index (κ1) is 16.9. The molecular weight excluding hydrogens is 288 g/mol. The van der Waals surface area contributed by atoms with E-state index in [9.17, 15) is 4.79 Å². The average molecular weight is 312 g/mol. The third-order valence-electron chi connectivity index (χ3n) is 4.10. The van der Waals surface area contributed by atoms with Gasteiger partial charge in [0.05, 0.1) is 13.5 Å². The van der Waals surface area contributed by atoms with Crippen LogP contribution in [0.15, 0.2) is 48.5 Å². The van der Waals surface area contributed by atoms with E-state index >= 15 is 0 Å². The van der Waals surface area contributed by atoms with Crippen LogP contribution in [0.3, 0.4) is 0 Å². The molecule has 0 fully saturated rings. The summed E-state index contributed by atoms with van der Waals surface area (Å²) in [5.74, 6) is 0.955. The normalized spacial score (nSPS) is 11.8. The minimum absolute atomic E-state index is 0.0904. The summed E-state index contributed by atoms with van der Waals surface area (Å²) in [4.78, 5) is 14.2. The number of rotatable bonds is 6. The Labute approximate surface area is 137 Å². The molecular formula is C19H24N2O2. The first-order valence-electron chi connectivity index (χ1n) is 7.73. The number of para-hydroxylation sites is 1. The molecule has 2 aromatic carbocycles. The van der Waals surface area contributed by atoms with Crippen molar-refractivity contribution in [3.8, 4) is 5.75 Å². The van der Waals surface area contributed by atoms with E-state index in [2.05, 4.69) is 0 Å². The molecule has 2 rings (SSSR count). The van der Waals surface area contributed by atoms with Crippen LogP contribution < -0.4 is 10.5 Å². The largest absolute Gasteiger partial charge is 0.496 e. The first-order valence-corrected chi connectivity index (χ1v) is 7.73. The Balaban J connectivity index is 1.99. The fourth-order valence-electron chi connectivity index (χ4n) is 2.51. The number of anilines is 1. The van der Waals surface area contributed by atoms with E-state index in [1.54, 1.807) is 12.0 Å². The number of nitrogens with two attached hydrogens (primary N) is 1. The second kappa shape index (κ2) is 7.68. The lowest BCUT2D eigenvalue weighted by Crippen LogP contribution is -2.37. The second-order valence-corrected chi connectivity index (χ2v) is 5.79. The van der Waals surface area contributed by atoms with Gasteiger partial charge in [0, 0.05) is 18.8 Å². The monoisotopic (exact) mass is 312 g/mol. The third-order valence-corrected chi connectivity index (χ3v) is 4.10. The predicted octanol–water partition coefficient (Wildman–Crippen LogP) is 2.91. The number of ether oxygens (including phenoxy) is 1. The number of nitrogen functional groups attached to an aromatic ring is 1. The molecule has 0 spiro atoms. The summed E-state index contributed by atoms with van der Waals surface area (Å²) in [7, 11) is 3.51. The SMILES string of the molecule is COc1ccccc1CC(C)N(C)C(=O)Cc1ccc(N)cc1. The van der Waals surface area contributed by atoms with Gasteiger partial charge in [-0.15, -0.1) is 0 Å². The zero-order valence-corrected chi connectivity index (χ0v) is 14.0. The van der Waals surface area contributed by atoms with Crippen molar-refractivity contribution in [2.75, 3.05) is 19.9 Å². The summed E-state index contributed by atoms with van der Waals surface area (Å²) in [5, 5.41) is 0. The van der Waals surface area contributed by atoms with Crippen molar-refractivity contribution < 1.29 is 9.53 Å². The number of hydrogen-bond donors (Lipinski definition) is 1. The highest BCUT2D eigenvalue weighted by atomic mass is 16.5. The third kappa shape index (κ3) is 4.49. The van der Waals surface area contributed by atoms with Gasteiger partial charge < -0.3 is 15.4 Å². The molecule has 122 valence electrons. The van der Waals surface area contributed by atoms with E-state index in [1.807, 2.05) is 62.5 Å². The van der Waals surface area contributed by atoms with Gasteiger partial charge in [-0.25, -0.2) is 0 Å². The van der Waals surface area contributed by atoms with Crippen LogP contribution in [-0.2, 0) is 17.6 Å². The first-order chi connectivity index (χ1) is 11.0. The molecule has 0 saturated carbocycles. The van der Waals surface area contributed by atoms with Crippen molar-refractivity contribution >= 4 is 11.6 Å². The number of benzene rings is 2. The predicted molar refractivity (Wildman–Crippen MR) is 93.5 cm³/mol. The smallest absolute Gasteiger partial charge is 0.226 e. The molecule has 4 heteroatoms. The number of carbonyl (C=O) groups is 1. The fourth-order valence-corrected chi connectivity index (χ4v) is 2.51. The Kier molecular flexibility index (Phi) is 5.63. The van der Waals surface area contributed by atoms with Gasteiger partial charge in [0.25, 0.3) is 0 Å². The molecule has 4 nitrogen and oxygen atoms in total. The van der Waals surface area contributed by atoms with E-state index in [4.69, 9.17) is 10.5 Å². The minimum Gasteiger partial charge on any atom is -0.496 e. The number of methoxy groups -OCH3 is 1. The molecule has 2 N–H and O–H groups in total. The van der Waals surface area contributed by atoms with Crippen molar-refractivity contribution in [2.45, 2.75) is 25.8 Å². The summed E-state index contributed by atoms with van der Waals surface area (Å²) in [6, 6.07) is 15.4. The number of carbonyl (C=O) groups excluding carboxylic acids is 1. The molecule has 0 aliphatic heterocycles. The van der Waals surface area contributed by atoms with Crippen molar-refractivity contribution in [1.82, 2.24) is 4.90 Å². The summed E-state index contributed by atoms with van der Waals surface area (Å²) in [5.41, 5.74) is 8.46. The van der Waals surface area contributed by atoms with Gasteiger partial charge in [0.15, 0.2) is 0 Å². The van der Waals surface area contributed by atoms with Gasteiger partial charge in [0.1, 0.15) is 5.75 Å². The molecule has 0 bridgehead atoms. The highest BCUT2D eigenvalue weighted by molar-refractivity contribution is 5.79. The van der Waals surface area contributed by atoms with Crippen molar-refractivity contribution in [3.63, 3.8) is 0 Å². The number of hydrogen-bond acceptors (Lipinski definition) is 3. The number of nitrogens with zero attached hydrogens (tertiary/aromatic N) is 1. The van der Waals surface area contributed by atoms with Gasteiger partial charge in [-0.2, -0.15) is 0 Å². The van der Waals surface area contributed by atoms with E-state index in [1.165, 1.54) is 0 Å². The van der Waals surface area contributed by atoms with Crippen molar-refractivity contribution in [1.29, 1.82) is 0 Å².